The molecule has 5 heteroatoms. The number of hydrogen-bond acceptors (Lipinski definition) is 4. The Labute approximate surface area is 102 Å². The molecular weight excluding hydrogens is 220 g/mol. The standard InChI is InChI=1S/C12H22N2O3/c1-12(2,3)9(13)10(15)14-7-5-6-8(14)11(16)17-4/h8-9H,5-7,13H2,1-4H3/t8?,9-/m0/s1. The van der Waals surface area contributed by atoms with Crippen molar-refractivity contribution in [3.63, 3.8) is 0 Å². The van der Waals surface area contributed by atoms with Gasteiger partial charge in [-0.2, -0.15) is 0 Å². The molecule has 1 saturated heterocycles. The lowest BCUT2D eigenvalue weighted by atomic mass is 9.86. The molecule has 0 saturated carbocycles. The molecule has 98 valence electrons. The molecule has 1 rings (SSSR count). The molecular formula is C12H22N2O3. The third-order valence-corrected chi connectivity index (χ3v) is 3.21. The number of carbonyl (C=O) groups is 2. The van der Waals surface area contributed by atoms with Gasteiger partial charge >= 0.3 is 5.97 Å². The Balaban J connectivity index is 2.78. The molecule has 0 bridgehead atoms. The maximum atomic E-state index is 12.2. The monoisotopic (exact) mass is 242 g/mol. The van der Waals surface area contributed by atoms with Crippen molar-refractivity contribution in [3.05, 3.63) is 0 Å². The van der Waals surface area contributed by atoms with Crippen LogP contribution < -0.4 is 5.73 Å². The summed E-state index contributed by atoms with van der Waals surface area (Å²) in [6, 6.07) is -1.05. The van der Waals surface area contributed by atoms with Crippen molar-refractivity contribution in [2.45, 2.75) is 45.7 Å². The molecule has 1 heterocycles. The number of nitrogens with zero attached hydrogens (tertiary/aromatic N) is 1. The second-order valence-electron chi connectivity index (χ2n) is 5.56. The summed E-state index contributed by atoms with van der Waals surface area (Å²) in [7, 11) is 1.34. The van der Waals surface area contributed by atoms with Crippen LogP contribution in [0.25, 0.3) is 0 Å². The number of methoxy groups -OCH3 is 1. The van der Waals surface area contributed by atoms with Gasteiger partial charge in [0.25, 0.3) is 0 Å². The van der Waals surface area contributed by atoms with E-state index in [1.807, 2.05) is 20.8 Å². The minimum atomic E-state index is -0.590. The first-order valence-corrected chi connectivity index (χ1v) is 5.93. The number of amides is 1. The summed E-state index contributed by atoms with van der Waals surface area (Å²) in [6.45, 7) is 6.33. The van der Waals surface area contributed by atoms with Crippen LogP contribution in [0.5, 0.6) is 0 Å². The van der Waals surface area contributed by atoms with E-state index >= 15 is 0 Å². The van der Waals surface area contributed by atoms with Crippen molar-refractivity contribution in [2.24, 2.45) is 11.1 Å². The lowest BCUT2D eigenvalue weighted by Crippen LogP contribution is -2.53. The van der Waals surface area contributed by atoms with Crippen LogP contribution in [-0.2, 0) is 14.3 Å². The molecule has 0 radical (unpaired) electrons. The van der Waals surface area contributed by atoms with E-state index in [0.717, 1.165) is 6.42 Å². The highest BCUT2D eigenvalue weighted by Gasteiger charge is 2.39. The van der Waals surface area contributed by atoms with Crippen LogP contribution >= 0.6 is 0 Å². The van der Waals surface area contributed by atoms with Crippen molar-refractivity contribution < 1.29 is 14.3 Å². The third-order valence-electron chi connectivity index (χ3n) is 3.21. The molecule has 0 spiro atoms. The van der Waals surface area contributed by atoms with Crippen LogP contribution in [0.4, 0.5) is 0 Å². The molecule has 1 unspecified atom stereocenters. The number of carbonyl (C=O) groups excluding carboxylic acids is 2. The van der Waals surface area contributed by atoms with Crippen molar-refractivity contribution in [1.82, 2.24) is 4.90 Å². The maximum absolute atomic E-state index is 12.2. The van der Waals surface area contributed by atoms with Gasteiger partial charge in [0.2, 0.25) is 5.91 Å². The van der Waals surface area contributed by atoms with Gasteiger partial charge in [-0.3, -0.25) is 4.79 Å². The third kappa shape index (κ3) is 2.97. The molecule has 1 amide bonds. The number of rotatable bonds is 2. The molecule has 17 heavy (non-hydrogen) atoms. The Hall–Kier alpha value is -1.10. The van der Waals surface area contributed by atoms with E-state index in [4.69, 9.17) is 10.5 Å². The summed E-state index contributed by atoms with van der Waals surface area (Å²) in [4.78, 5) is 25.3. The second-order valence-corrected chi connectivity index (χ2v) is 5.56. The highest BCUT2D eigenvalue weighted by Crippen LogP contribution is 2.24. The summed E-state index contributed by atoms with van der Waals surface area (Å²) >= 11 is 0. The van der Waals surface area contributed by atoms with E-state index in [2.05, 4.69) is 0 Å². The van der Waals surface area contributed by atoms with E-state index in [1.165, 1.54) is 7.11 Å². The number of esters is 1. The molecule has 0 aromatic heterocycles. The fourth-order valence-corrected chi connectivity index (χ4v) is 1.96. The van der Waals surface area contributed by atoms with Gasteiger partial charge in [-0.05, 0) is 18.3 Å². The lowest BCUT2D eigenvalue weighted by molar-refractivity contribution is -0.152. The Morgan fingerprint density at radius 2 is 2.00 bits per heavy atom. The Morgan fingerprint density at radius 3 is 2.47 bits per heavy atom. The molecule has 2 N–H and O–H groups in total. The molecule has 5 nitrogen and oxygen atoms in total. The van der Waals surface area contributed by atoms with Gasteiger partial charge in [0.1, 0.15) is 6.04 Å². The molecule has 2 atom stereocenters. The average Bonchev–Trinajstić information content (AvgIpc) is 2.73. The van der Waals surface area contributed by atoms with Gasteiger partial charge in [-0.25, -0.2) is 4.79 Å². The number of hydrogen-bond donors (Lipinski definition) is 1. The molecule has 0 aromatic carbocycles. The van der Waals surface area contributed by atoms with Crippen LogP contribution in [0, 0.1) is 5.41 Å². The van der Waals surface area contributed by atoms with Crippen molar-refractivity contribution in [2.75, 3.05) is 13.7 Å². The van der Waals surface area contributed by atoms with E-state index < -0.39 is 12.1 Å². The lowest BCUT2D eigenvalue weighted by Gasteiger charge is -2.32. The van der Waals surface area contributed by atoms with Gasteiger partial charge in [0, 0.05) is 6.54 Å². The zero-order chi connectivity index (χ0) is 13.2. The number of likely N-dealkylation sites (tertiary alicyclic amines) is 1. The number of nitrogens with two attached hydrogens (primary N) is 1. The van der Waals surface area contributed by atoms with Crippen LogP contribution in [0.1, 0.15) is 33.6 Å². The molecule has 0 aliphatic carbocycles. The summed E-state index contributed by atoms with van der Waals surface area (Å²) in [5.74, 6) is -0.512. The Kier molecular flexibility index (Phi) is 4.14. The van der Waals surface area contributed by atoms with Crippen LogP contribution in [0.3, 0.4) is 0 Å². The van der Waals surface area contributed by atoms with Crippen LogP contribution in [-0.4, -0.2) is 42.5 Å². The Morgan fingerprint density at radius 1 is 1.41 bits per heavy atom. The predicted molar refractivity (Wildman–Crippen MR) is 64.2 cm³/mol. The van der Waals surface area contributed by atoms with Crippen LogP contribution in [0.15, 0.2) is 0 Å². The van der Waals surface area contributed by atoms with E-state index in [9.17, 15) is 9.59 Å². The zero-order valence-electron chi connectivity index (χ0n) is 11.0. The highest BCUT2D eigenvalue weighted by molar-refractivity contribution is 5.88. The summed E-state index contributed by atoms with van der Waals surface area (Å²) < 4.78 is 4.71. The molecule has 1 fully saturated rings. The van der Waals surface area contributed by atoms with Crippen molar-refractivity contribution in [1.29, 1.82) is 0 Å². The highest BCUT2D eigenvalue weighted by atomic mass is 16.5. The molecule has 1 aliphatic rings. The van der Waals surface area contributed by atoms with Gasteiger partial charge in [0.15, 0.2) is 0 Å². The van der Waals surface area contributed by atoms with E-state index in [0.29, 0.717) is 13.0 Å². The van der Waals surface area contributed by atoms with Gasteiger partial charge in [-0.15, -0.1) is 0 Å². The minimum Gasteiger partial charge on any atom is -0.467 e. The van der Waals surface area contributed by atoms with Gasteiger partial charge < -0.3 is 15.4 Å². The first kappa shape index (κ1) is 14.0. The summed E-state index contributed by atoms with van der Waals surface area (Å²) in [6.07, 6.45) is 1.48. The summed E-state index contributed by atoms with van der Waals surface area (Å²) in [5, 5.41) is 0. The Bertz CT molecular complexity index is 309. The van der Waals surface area contributed by atoms with Gasteiger partial charge in [0.05, 0.1) is 13.2 Å². The topological polar surface area (TPSA) is 72.6 Å². The fourth-order valence-electron chi connectivity index (χ4n) is 1.96. The van der Waals surface area contributed by atoms with Crippen molar-refractivity contribution in [3.8, 4) is 0 Å². The van der Waals surface area contributed by atoms with Gasteiger partial charge in [-0.1, -0.05) is 20.8 Å². The first-order valence-electron chi connectivity index (χ1n) is 5.93. The fraction of sp³-hybridized carbons (Fsp3) is 0.833. The molecule has 1 aliphatic heterocycles. The first-order chi connectivity index (χ1) is 7.79. The predicted octanol–water partition coefficient (Wildman–Crippen LogP) is 0.524. The quantitative estimate of drug-likeness (QED) is 0.717. The van der Waals surface area contributed by atoms with Crippen LogP contribution in [0.2, 0.25) is 0 Å². The number of ether oxygens (including phenoxy) is 1. The maximum Gasteiger partial charge on any atom is 0.328 e. The SMILES string of the molecule is COC(=O)C1CCCN1C(=O)[C@H](N)C(C)(C)C. The van der Waals surface area contributed by atoms with Crippen molar-refractivity contribution >= 4 is 11.9 Å². The normalized spacial score (nSPS) is 22.4. The largest absolute Gasteiger partial charge is 0.467 e. The summed E-state index contributed by atoms with van der Waals surface area (Å²) in [5.41, 5.74) is 5.63. The average molecular weight is 242 g/mol. The van der Waals surface area contributed by atoms with E-state index in [-0.39, 0.29) is 17.3 Å². The minimum absolute atomic E-state index is 0.162. The zero-order valence-corrected chi connectivity index (χ0v) is 11.0. The smallest absolute Gasteiger partial charge is 0.328 e. The second kappa shape index (κ2) is 5.04. The van der Waals surface area contributed by atoms with E-state index in [1.54, 1.807) is 4.90 Å². The molecule has 0 aromatic rings.